The van der Waals surface area contributed by atoms with Gasteiger partial charge in [0.25, 0.3) is 11.5 Å². The van der Waals surface area contributed by atoms with Crippen LogP contribution in [0.4, 0.5) is 0 Å². The van der Waals surface area contributed by atoms with Gasteiger partial charge in [-0.2, -0.15) is 0 Å². The fourth-order valence-electron chi connectivity index (χ4n) is 3.19. The second-order valence-electron chi connectivity index (χ2n) is 6.54. The first-order chi connectivity index (χ1) is 13.1. The van der Waals surface area contributed by atoms with Crippen LogP contribution in [0.15, 0.2) is 11.1 Å². The molecule has 2 aromatic heterocycles. The van der Waals surface area contributed by atoms with Crippen LogP contribution in [0, 0.1) is 6.92 Å². The number of aromatic nitrogens is 2. The molecule has 0 radical (unpaired) electrons. The zero-order valence-corrected chi connectivity index (χ0v) is 16.7. The van der Waals surface area contributed by atoms with Crippen LogP contribution in [0.5, 0.6) is 0 Å². The predicted octanol–water partition coefficient (Wildman–Crippen LogP) is -0.552. The molecule has 0 atom stereocenters. The van der Waals surface area contributed by atoms with Crippen LogP contribution in [0.2, 0.25) is 0 Å². The molecular weight excluding hydrogens is 368 g/mol. The first kappa shape index (κ1) is 19.9. The Hall–Kier alpha value is -1.81. The van der Waals surface area contributed by atoms with E-state index in [2.05, 4.69) is 10.3 Å². The van der Waals surface area contributed by atoms with E-state index in [-0.39, 0.29) is 11.5 Å². The minimum absolute atomic E-state index is 0.120. The van der Waals surface area contributed by atoms with Gasteiger partial charge in [0, 0.05) is 6.61 Å². The number of thiophene rings is 1. The van der Waals surface area contributed by atoms with Gasteiger partial charge in [0.05, 0.1) is 56.0 Å². The van der Waals surface area contributed by atoms with Crippen molar-refractivity contribution in [2.45, 2.75) is 20.4 Å². The van der Waals surface area contributed by atoms with Crippen molar-refractivity contribution in [3.63, 3.8) is 0 Å². The van der Waals surface area contributed by atoms with Gasteiger partial charge < -0.3 is 19.7 Å². The van der Waals surface area contributed by atoms with Crippen LogP contribution in [-0.4, -0.2) is 68.1 Å². The van der Waals surface area contributed by atoms with Crippen LogP contribution in [0.1, 0.15) is 22.2 Å². The summed E-state index contributed by atoms with van der Waals surface area (Å²) in [6.45, 7) is 10.2. The van der Waals surface area contributed by atoms with Crippen LogP contribution >= 0.6 is 11.3 Å². The molecule has 148 valence electrons. The molecule has 1 amide bonds. The molecule has 3 rings (SSSR count). The van der Waals surface area contributed by atoms with Crippen molar-refractivity contribution in [1.82, 2.24) is 14.9 Å². The molecule has 1 saturated heterocycles. The Labute approximate surface area is 162 Å². The summed E-state index contributed by atoms with van der Waals surface area (Å²) < 4.78 is 12.2. The summed E-state index contributed by atoms with van der Waals surface area (Å²) >= 11 is 1.27. The van der Waals surface area contributed by atoms with Crippen molar-refractivity contribution in [3.05, 3.63) is 27.1 Å². The summed E-state index contributed by atoms with van der Waals surface area (Å²) in [5, 5.41) is 3.51. The molecule has 0 aliphatic carbocycles. The number of aryl methyl sites for hydroxylation is 1. The molecule has 2 aromatic rings. The maximum Gasteiger partial charge on any atom is 0.262 e. The number of carbonyl (C=O) groups is 1. The minimum Gasteiger partial charge on any atom is -0.380 e. The monoisotopic (exact) mass is 395 g/mol. The van der Waals surface area contributed by atoms with E-state index < -0.39 is 0 Å². The first-order valence-electron chi connectivity index (χ1n) is 9.37. The smallest absolute Gasteiger partial charge is 0.262 e. The first-order valence-corrected chi connectivity index (χ1v) is 10.2. The second-order valence-corrected chi connectivity index (χ2v) is 7.54. The number of ether oxygens (including phenoxy) is 2. The molecule has 27 heavy (non-hydrogen) atoms. The Bertz CT molecular complexity index is 842. The van der Waals surface area contributed by atoms with E-state index in [1.54, 1.807) is 4.57 Å². The van der Waals surface area contributed by atoms with E-state index in [1.807, 2.05) is 13.8 Å². The molecule has 2 N–H and O–H groups in total. The van der Waals surface area contributed by atoms with Crippen LogP contribution in [-0.2, 0) is 16.0 Å². The second kappa shape index (κ2) is 9.41. The zero-order valence-electron chi connectivity index (χ0n) is 15.9. The Morgan fingerprint density at radius 3 is 2.96 bits per heavy atom. The summed E-state index contributed by atoms with van der Waals surface area (Å²) in [5.74, 6) is -0.136. The SMILES string of the molecule is CCOCCn1cnc2sc(C(=O)NCC[NH+]3CCOCC3)c(C)c2c1=O. The van der Waals surface area contributed by atoms with Crippen molar-refractivity contribution in [2.24, 2.45) is 0 Å². The van der Waals surface area contributed by atoms with Crippen LogP contribution in [0.3, 0.4) is 0 Å². The van der Waals surface area contributed by atoms with Crippen molar-refractivity contribution in [3.8, 4) is 0 Å². The van der Waals surface area contributed by atoms with Gasteiger partial charge in [0.15, 0.2) is 0 Å². The summed E-state index contributed by atoms with van der Waals surface area (Å²) in [6.07, 6.45) is 1.53. The Kier molecular flexibility index (Phi) is 6.95. The molecule has 3 heterocycles. The number of fused-ring (bicyclic) bond motifs is 1. The van der Waals surface area contributed by atoms with Crippen LogP contribution < -0.4 is 15.8 Å². The summed E-state index contributed by atoms with van der Waals surface area (Å²) in [5.41, 5.74) is 0.583. The van der Waals surface area contributed by atoms with Gasteiger partial charge in [-0.05, 0) is 19.4 Å². The molecule has 1 aliphatic heterocycles. The largest absolute Gasteiger partial charge is 0.380 e. The molecule has 0 unspecified atom stereocenters. The van der Waals surface area contributed by atoms with Gasteiger partial charge in [-0.25, -0.2) is 4.98 Å². The maximum absolute atomic E-state index is 12.7. The molecule has 8 nitrogen and oxygen atoms in total. The molecule has 9 heteroatoms. The number of quaternary nitrogens is 1. The zero-order chi connectivity index (χ0) is 19.2. The molecular formula is C18H27N4O4S+. The number of morpholine rings is 1. The molecule has 0 aromatic carbocycles. The number of hydrogen-bond donors (Lipinski definition) is 2. The van der Waals surface area contributed by atoms with Gasteiger partial charge in [-0.3, -0.25) is 14.2 Å². The fraction of sp³-hybridized carbons (Fsp3) is 0.611. The van der Waals surface area contributed by atoms with E-state index in [1.165, 1.54) is 22.6 Å². The fourth-order valence-corrected chi connectivity index (χ4v) is 4.24. The topological polar surface area (TPSA) is 86.9 Å². The molecule has 0 spiro atoms. The molecule has 0 bridgehead atoms. The van der Waals surface area contributed by atoms with Gasteiger partial charge in [0.1, 0.15) is 17.9 Å². The Morgan fingerprint density at radius 2 is 2.22 bits per heavy atom. The number of amides is 1. The normalized spacial score (nSPS) is 15.3. The van der Waals surface area contributed by atoms with Gasteiger partial charge in [-0.15, -0.1) is 11.3 Å². The van der Waals surface area contributed by atoms with E-state index >= 15 is 0 Å². The molecule has 0 saturated carbocycles. The van der Waals surface area contributed by atoms with Crippen molar-refractivity contribution >= 4 is 27.5 Å². The number of nitrogens with zero attached hydrogens (tertiary/aromatic N) is 2. The highest BCUT2D eigenvalue weighted by Crippen LogP contribution is 2.26. The Morgan fingerprint density at radius 1 is 1.44 bits per heavy atom. The van der Waals surface area contributed by atoms with E-state index in [9.17, 15) is 9.59 Å². The van der Waals surface area contributed by atoms with Gasteiger partial charge in [0.2, 0.25) is 0 Å². The third kappa shape index (κ3) is 4.73. The number of carbonyl (C=O) groups excluding carboxylic acids is 1. The highest BCUT2D eigenvalue weighted by molar-refractivity contribution is 7.20. The predicted molar refractivity (Wildman–Crippen MR) is 104 cm³/mol. The van der Waals surface area contributed by atoms with Gasteiger partial charge in [-0.1, -0.05) is 0 Å². The summed E-state index contributed by atoms with van der Waals surface area (Å²) in [7, 11) is 0. The summed E-state index contributed by atoms with van der Waals surface area (Å²) in [6, 6.07) is 0. The lowest BCUT2D eigenvalue weighted by atomic mass is 10.2. The van der Waals surface area contributed by atoms with Crippen molar-refractivity contribution in [2.75, 3.05) is 52.6 Å². The lowest BCUT2D eigenvalue weighted by Crippen LogP contribution is -3.14. The highest BCUT2D eigenvalue weighted by Gasteiger charge is 2.20. The van der Waals surface area contributed by atoms with E-state index in [4.69, 9.17) is 9.47 Å². The quantitative estimate of drug-likeness (QED) is 0.586. The average Bonchev–Trinajstić information content (AvgIpc) is 3.02. The summed E-state index contributed by atoms with van der Waals surface area (Å²) in [4.78, 5) is 32.3. The maximum atomic E-state index is 12.7. The number of rotatable bonds is 8. The Balaban J connectivity index is 1.68. The molecule has 1 aliphatic rings. The number of hydrogen-bond acceptors (Lipinski definition) is 6. The highest BCUT2D eigenvalue weighted by atomic mass is 32.1. The minimum atomic E-state index is -0.136. The van der Waals surface area contributed by atoms with E-state index in [0.717, 1.165) is 32.8 Å². The standard InChI is InChI=1S/C18H26N4O4S/c1-3-25-11-8-22-12-20-17-14(18(22)24)13(2)15(27-17)16(23)19-4-5-21-6-9-26-10-7-21/h12H,3-11H2,1-2H3,(H,19,23)/p+1. The number of nitrogens with one attached hydrogen (secondary N) is 2. The lowest BCUT2D eigenvalue weighted by Gasteiger charge is -2.23. The lowest BCUT2D eigenvalue weighted by molar-refractivity contribution is -0.906. The van der Waals surface area contributed by atoms with Gasteiger partial charge >= 0.3 is 0 Å². The molecule has 1 fully saturated rings. The van der Waals surface area contributed by atoms with E-state index in [0.29, 0.717) is 47.0 Å². The average molecular weight is 396 g/mol. The third-order valence-corrected chi connectivity index (χ3v) is 5.97. The van der Waals surface area contributed by atoms with Crippen LogP contribution in [0.25, 0.3) is 10.2 Å². The third-order valence-electron chi connectivity index (χ3n) is 4.77. The van der Waals surface area contributed by atoms with Crippen molar-refractivity contribution < 1.29 is 19.2 Å². The van der Waals surface area contributed by atoms with Crippen molar-refractivity contribution in [1.29, 1.82) is 0 Å².